The molecule has 7 heteroatoms. The first-order valence-electron chi connectivity index (χ1n) is 5.80. The lowest BCUT2D eigenvalue weighted by molar-refractivity contribution is -0.384. The molecule has 0 atom stereocenters. The Bertz CT molecular complexity index is 566. The van der Waals surface area contributed by atoms with Crippen LogP contribution in [0, 0.1) is 10.1 Å². The molecule has 0 aliphatic heterocycles. The highest BCUT2D eigenvalue weighted by molar-refractivity contribution is 6.19. The van der Waals surface area contributed by atoms with Crippen LogP contribution in [0.1, 0.15) is 12.5 Å². The molecule has 1 aromatic carbocycles. The first-order valence-corrected chi connectivity index (χ1v) is 5.80. The molecule has 0 aliphatic carbocycles. The lowest BCUT2D eigenvalue weighted by Gasteiger charge is -2.04. The van der Waals surface area contributed by atoms with Gasteiger partial charge in [0, 0.05) is 18.7 Å². The topological polar surface area (TPSA) is 113 Å². The molecule has 0 bridgehead atoms. The second-order valence-corrected chi connectivity index (χ2v) is 3.89. The predicted octanol–water partition coefficient (Wildman–Crippen LogP) is 1.07. The Morgan fingerprint density at radius 1 is 1.45 bits per heavy atom. The Labute approximate surface area is 115 Å². The van der Waals surface area contributed by atoms with Gasteiger partial charge in [-0.3, -0.25) is 14.9 Å². The molecule has 1 rings (SSSR count). The van der Waals surface area contributed by atoms with Crippen LogP contribution in [0.15, 0.2) is 29.8 Å². The predicted molar refractivity (Wildman–Crippen MR) is 71.8 cm³/mol. The van der Waals surface area contributed by atoms with Crippen LogP contribution >= 0.6 is 0 Å². The van der Waals surface area contributed by atoms with E-state index >= 15 is 0 Å². The minimum absolute atomic E-state index is 0.00160. The maximum atomic E-state index is 11.7. The molecular weight excluding hydrogens is 264 g/mol. The van der Waals surface area contributed by atoms with Crippen LogP contribution in [0.3, 0.4) is 0 Å². The molecule has 0 saturated carbocycles. The van der Waals surface area contributed by atoms with E-state index in [0.717, 1.165) is 0 Å². The Morgan fingerprint density at radius 3 is 2.70 bits per heavy atom. The summed E-state index contributed by atoms with van der Waals surface area (Å²) in [5, 5.41) is 10.7. The average molecular weight is 278 g/mol. The number of rotatable bonds is 6. The fourth-order valence-corrected chi connectivity index (χ4v) is 1.43. The number of benzene rings is 1. The number of Topliss-reactive ketones (excluding diaryl/α,β-unsaturated/α-hetero) is 1. The summed E-state index contributed by atoms with van der Waals surface area (Å²) in [5.74, 6) is -1.28. The maximum absolute atomic E-state index is 11.7. The number of nitrogens with two attached hydrogens (primary N) is 1. The number of ketones is 1. The summed E-state index contributed by atoms with van der Waals surface area (Å²) in [4.78, 5) is 33.2. The van der Waals surface area contributed by atoms with Gasteiger partial charge < -0.3 is 10.5 Å². The van der Waals surface area contributed by atoms with Crippen molar-refractivity contribution in [1.82, 2.24) is 0 Å². The molecule has 7 nitrogen and oxygen atoms in total. The molecule has 0 spiro atoms. The van der Waals surface area contributed by atoms with Crippen LogP contribution in [0.4, 0.5) is 5.69 Å². The van der Waals surface area contributed by atoms with Crippen LogP contribution in [-0.2, 0) is 14.3 Å². The molecular formula is C13H14N2O5. The van der Waals surface area contributed by atoms with Gasteiger partial charge in [0.05, 0.1) is 4.92 Å². The second kappa shape index (κ2) is 7.15. The van der Waals surface area contributed by atoms with Crippen molar-refractivity contribution in [2.75, 3.05) is 13.2 Å². The highest BCUT2D eigenvalue weighted by Gasteiger charge is 2.16. The normalized spacial score (nSPS) is 11.0. The van der Waals surface area contributed by atoms with E-state index in [9.17, 15) is 19.7 Å². The van der Waals surface area contributed by atoms with Gasteiger partial charge in [0.2, 0.25) is 0 Å². The molecule has 0 radical (unpaired) electrons. The molecule has 0 aliphatic rings. The SMILES string of the molecule is CC(=O)C(=Cc1cccc([N+](=O)[O-])c1)C(=O)OCCN. The van der Waals surface area contributed by atoms with Gasteiger partial charge in [-0.1, -0.05) is 12.1 Å². The van der Waals surface area contributed by atoms with Crippen LogP contribution in [0.5, 0.6) is 0 Å². The van der Waals surface area contributed by atoms with Crippen LogP contribution < -0.4 is 5.73 Å². The third kappa shape index (κ3) is 4.29. The van der Waals surface area contributed by atoms with E-state index in [-0.39, 0.29) is 24.4 Å². The van der Waals surface area contributed by atoms with E-state index in [1.807, 2.05) is 0 Å². The lowest BCUT2D eigenvalue weighted by atomic mass is 10.1. The van der Waals surface area contributed by atoms with Crippen LogP contribution in [0.2, 0.25) is 0 Å². The molecule has 20 heavy (non-hydrogen) atoms. The number of carbonyl (C=O) groups is 2. The van der Waals surface area contributed by atoms with Gasteiger partial charge in [0.1, 0.15) is 12.2 Å². The number of hydrogen-bond acceptors (Lipinski definition) is 6. The number of hydrogen-bond donors (Lipinski definition) is 1. The zero-order valence-electron chi connectivity index (χ0n) is 10.9. The Morgan fingerprint density at radius 2 is 2.15 bits per heavy atom. The minimum atomic E-state index is -0.797. The molecule has 0 aromatic heterocycles. The summed E-state index contributed by atoms with van der Waals surface area (Å²) in [6, 6.07) is 5.59. The number of nitrogens with zero attached hydrogens (tertiary/aromatic N) is 1. The summed E-state index contributed by atoms with van der Waals surface area (Å²) in [7, 11) is 0. The number of nitro groups is 1. The van der Waals surface area contributed by atoms with Gasteiger partial charge in [0.15, 0.2) is 5.78 Å². The largest absolute Gasteiger partial charge is 0.461 e. The number of ether oxygens (including phenoxy) is 1. The van der Waals surface area contributed by atoms with Gasteiger partial charge in [-0.25, -0.2) is 4.79 Å². The summed E-state index contributed by atoms with van der Waals surface area (Å²) < 4.78 is 4.78. The fourth-order valence-electron chi connectivity index (χ4n) is 1.43. The first kappa shape index (κ1) is 15.5. The molecule has 0 amide bonds. The van der Waals surface area contributed by atoms with E-state index in [2.05, 4.69) is 0 Å². The Kier molecular flexibility index (Phi) is 5.55. The summed E-state index contributed by atoms with van der Waals surface area (Å²) in [6.45, 7) is 1.36. The van der Waals surface area contributed by atoms with Crippen molar-refractivity contribution in [3.63, 3.8) is 0 Å². The van der Waals surface area contributed by atoms with Gasteiger partial charge in [0.25, 0.3) is 5.69 Å². The van der Waals surface area contributed by atoms with E-state index in [0.29, 0.717) is 5.56 Å². The molecule has 106 valence electrons. The standard InChI is InChI=1S/C13H14N2O5/c1-9(16)12(13(17)20-6-5-14)8-10-3-2-4-11(7-10)15(18)19/h2-4,7-8H,5-6,14H2,1H3. The number of non-ortho nitro benzene ring substituents is 1. The number of nitro benzene ring substituents is 1. The highest BCUT2D eigenvalue weighted by Crippen LogP contribution is 2.16. The summed E-state index contributed by atoms with van der Waals surface area (Å²) >= 11 is 0. The molecule has 1 aromatic rings. The van der Waals surface area contributed by atoms with E-state index < -0.39 is 16.7 Å². The van der Waals surface area contributed by atoms with E-state index in [4.69, 9.17) is 10.5 Å². The van der Waals surface area contributed by atoms with E-state index in [1.165, 1.54) is 31.2 Å². The van der Waals surface area contributed by atoms with Crippen LogP contribution in [0.25, 0.3) is 6.08 Å². The Hall–Kier alpha value is -2.54. The van der Waals surface area contributed by atoms with Crippen molar-refractivity contribution >= 4 is 23.5 Å². The molecule has 0 unspecified atom stereocenters. The van der Waals surface area contributed by atoms with Crippen molar-refractivity contribution in [2.45, 2.75) is 6.92 Å². The van der Waals surface area contributed by atoms with Crippen molar-refractivity contribution < 1.29 is 19.2 Å². The van der Waals surface area contributed by atoms with Crippen molar-refractivity contribution in [1.29, 1.82) is 0 Å². The van der Waals surface area contributed by atoms with Crippen LogP contribution in [-0.4, -0.2) is 29.8 Å². The molecule has 0 saturated heterocycles. The number of carbonyl (C=O) groups excluding carboxylic acids is 2. The van der Waals surface area contributed by atoms with Gasteiger partial charge in [-0.15, -0.1) is 0 Å². The zero-order chi connectivity index (χ0) is 15.1. The Balaban J connectivity index is 3.08. The first-order chi connectivity index (χ1) is 9.45. The maximum Gasteiger partial charge on any atom is 0.341 e. The monoisotopic (exact) mass is 278 g/mol. The van der Waals surface area contributed by atoms with E-state index in [1.54, 1.807) is 6.07 Å². The molecule has 0 heterocycles. The third-order valence-electron chi connectivity index (χ3n) is 2.34. The molecule has 0 fully saturated rings. The van der Waals surface area contributed by atoms with Gasteiger partial charge in [-0.05, 0) is 18.6 Å². The second-order valence-electron chi connectivity index (χ2n) is 3.89. The smallest absolute Gasteiger partial charge is 0.341 e. The lowest BCUT2D eigenvalue weighted by Crippen LogP contribution is -2.18. The molecule has 2 N–H and O–H groups in total. The summed E-state index contributed by atoms with van der Waals surface area (Å²) in [5.41, 5.74) is 5.26. The van der Waals surface area contributed by atoms with Crippen molar-refractivity contribution in [3.05, 3.63) is 45.5 Å². The quantitative estimate of drug-likeness (QED) is 0.208. The van der Waals surface area contributed by atoms with Gasteiger partial charge in [-0.2, -0.15) is 0 Å². The fraction of sp³-hybridized carbons (Fsp3) is 0.231. The minimum Gasteiger partial charge on any atom is -0.461 e. The zero-order valence-corrected chi connectivity index (χ0v) is 10.9. The van der Waals surface area contributed by atoms with Crippen molar-refractivity contribution in [3.8, 4) is 0 Å². The van der Waals surface area contributed by atoms with Crippen molar-refractivity contribution in [2.24, 2.45) is 5.73 Å². The summed E-state index contributed by atoms with van der Waals surface area (Å²) in [6.07, 6.45) is 1.26. The number of esters is 1. The third-order valence-corrected chi connectivity index (χ3v) is 2.34. The highest BCUT2D eigenvalue weighted by atomic mass is 16.6. The van der Waals surface area contributed by atoms with Gasteiger partial charge >= 0.3 is 5.97 Å². The average Bonchev–Trinajstić information content (AvgIpc) is 2.42.